The zero-order valence-corrected chi connectivity index (χ0v) is 17.3. The number of halogens is 2. The van der Waals surface area contributed by atoms with Crippen LogP contribution < -0.4 is 10.6 Å². The van der Waals surface area contributed by atoms with E-state index in [4.69, 9.17) is 4.74 Å². The lowest BCUT2D eigenvalue weighted by Crippen LogP contribution is -2.30. The van der Waals surface area contributed by atoms with Crippen LogP contribution >= 0.6 is 0 Å². The number of amides is 2. The Morgan fingerprint density at radius 2 is 2.00 bits per heavy atom. The summed E-state index contributed by atoms with van der Waals surface area (Å²) in [6.07, 6.45) is -2.20. The molecule has 1 heterocycles. The molecule has 0 aliphatic carbocycles. The lowest BCUT2D eigenvalue weighted by molar-refractivity contribution is -0.115. The number of rotatable bonds is 8. The molecule has 2 amide bonds. The molecular formula is C21H21F2N2O5S-. The van der Waals surface area contributed by atoms with Gasteiger partial charge in [0.1, 0.15) is 0 Å². The minimum Gasteiger partial charge on any atom is -0.768 e. The Kier molecular flexibility index (Phi) is 7.83. The number of carbonyl (C=O) groups is 2. The van der Waals surface area contributed by atoms with E-state index in [1.165, 1.54) is 30.3 Å². The number of carbonyl (C=O) groups excluding carboxylic acids is 2. The van der Waals surface area contributed by atoms with Crippen molar-refractivity contribution in [3.05, 3.63) is 59.2 Å². The summed E-state index contributed by atoms with van der Waals surface area (Å²) in [7, 11) is 0. The molecule has 1 aliphatic heterocycles. The van der Waals surface area contributed by atoms with E-state index in [0.717, 1.165) is 12.5 Å². The molecule has 7 nitrogen and oxygen atoms in total. The Morgan fingerprint density at radius 3 is 2.68 bits per heavy atom. The predicted octanol–water partition coefficient (Wildman–Crippen LogP) is 2.81. The van der Waals surface area contributed by atoms with Crippen LogP contribution in [0.4, 0.5) is 14.5 Å². The van der Waals surface area contributed by atoms with E-state index in [1.54, 1.807) is 6.07 Å². The van der Waals surface area contributed by atoms with Crippen molar-refractivity contribution in [2.24, 2.45) is 5.92 Å². The zero-order valence-electron chi connectivity index (χ0n) is 16.4. The summed E-state index contributed by atoms with van der Waals surface area (Å²) in [4.78, 5) is 24.5. The first-order valence-electron chi connectivity index (χ1n) is 9.60. The average molecular weight is 451 g/mol. The second-order valence-electron chi connectivity index (χ2n) is 7.11. The van der Waals surface area contributed by atoms with Crippen LogP contribution in [0.25, 0.3) is 0 Å². The summed E-state index contributed by atoms with van der Waals surface area (Å²) >= 11 is -2.73. The second kappa shape index (κ2) is 10.6. The molecule has 0 spiro atoms. The fourth-order valence-electron chi connectivity index (χ4n) is 3.29. The summed E-state index contributed by atoms with van der Waals surface area (Å²) < 4.78 is 54.7. The fourth-order valence-corrected chi connectivity index (χ4v) is 3.85. The molecule has 2 aromatic carbocycles. The average Bonchev–Trinajstić information content (AvgIpc) is 3.25. The van der Waals surface area contributed by atoms with Crippen molar-refractivity contribution in [3.63, 3.8) is 0 Å². The van der Waals surface area contributed by atoms with Gasteiger partial charge in [-0.3, -0.25) is 13.8 Å². The first kappa shape index (κ1) is 23.0. The van der Waals surface area contributed by atoms with Crippen molar-refractivity contribution < 1.29 is 31.9 Å². The second-order valence-corrected chi connectivity index (χ2v) is 8.02. The molecule has 1 aliphatic rings. The lowest BCUT2D eigenvalue weighted by atomic mass is 10.0. The highest BCUT2D eigenvalue weighted by atomic mass is 32.2. The summed E-state index contributed by atoms with van der Waals surface area (Å²) in [5.74, 6) is -0.955. The van der Waals surface area contributed by atoms with Gasteiger partial charge in [-0.05, 0) is 41.3 Å². The highest BCUT2D eigenvalue weighted by Crippen LogP contribution is 2.24. The maximum atomic E-state index is 13.1. The number of hydrogen-bond donors (Lipinski definition) is 2. The topological polar surface area (TPSA) is 108 Å². The van der Waals surface area contributed by atoms with Gasteiger partial charge in [-0.25, -0.2) is 8.78 Å². The quantitative estimate of drug-likeness (QED) is 0.600. The van der Waals surface area contributed by atoms with Crippen molar-refractivity contribution in [2.45, 2.75) is 24.2 Å². The molecule has 2 unspecified atom stereocenters. The largest absolute Gasteiger partial charge is 0.768 e. The molecule has 166 valence electrons. The van der Waals surface area contributed by atoms with Gasteiger partial charge < -0.3 is 19.9 Å². The van der Waals surface area contributed by atoms with Crippen LogP contribution in [0, 0.1) is 5.92 Å². The lowest BCUT2D eigenvalue weighted by Gasteiger charge is -2.16. The minimum absolute atomic E-state index is 0.0479. The van der Waals surface area contributed by atoms with E-state index in [9.17, 15) is 27.1 Å². The Hall–Kier alpha value is -2.69. The fraction of sp³-hybridized carbons (Fsp3) is 0.333. The first-order valence-corrected chi connectivity index (χ1v) is 10.7. The zero-order chi connectivity index (χ0) is 22.4. The van der Waals surface area contributed by atoms with Gasteiger partial charge in [0, 0.05) is 35.2 Å². The maximum absolute atomic E-state index is 13.1. The highest BCUT2D eigenvalue weighted by Gasteiger charge is 2.19. The van der Waals surface area contributed by atoms with E-state index < -0.39 is 29.3 Å². The third-order valence-electron chi connectivity index (χ3n) is 4.91. The Labute approximate surface area is 180 Å². The molecule has 2 aromatic rings. The van der Waals surface area contributed by atoms with Crippen LogP contribution in [-0.2, 0) is 27.0 Å². The number of ether oxygens (including phenoxy) is 1. The summed E-state index contributed by atoms with van der Waals surface area (Å²) in [6.45, 7) is 1.54. The van der Waals surface area contributed by atoms with Gasteiger partial charge in [-0.1, -0.05) is 24.3 Å². The smallest absolute Gasteiger partial charge is 0.264 e. The van der Waals surface area contributed by atoms with Gasteiger partial charge in [0.2, 0.25) is 5.91 Å². The van der Waals surface area contributed by atoms with Gasteiger partial charge >= 0.3 is 0 Å². The van der Waals surface area contributed by atoms with Crippen LogP contribution in [0.1, 0.15) is 34.3 Å². The van der Waals surface area contributed by atoms with Gasteiger partial charge in [-0.2, -0.15) is 0 Å². The normalized spacial score (nSPS) is 16.8. The molecule has 31 heavy (non-hydrogen) atoms. The standard InChI is InChI=1S/C21H22F2N2O5S/c22-20(23)16-4-2-1-3-14(16)9-19(26)25-15-5-6-17(18(10-15)31(28)29)21(27)24-11-13-7-8-30-12-13/h1-6,10,13,20H,7-9,11-12H2,(H,24,27)(H,25,26)(H,28,29)/p-1. The molecule has 1 saturated heterocycles. The number of anilines is 1. The molecule has 1 fully saturated rings. The Bertz CT molecular complexity index is 980. The molecule has 2 N–H and O–H groups in total. The molecule has 0 saturated carbocycles. The third-order valence-corrected chi connectivity index (χ3v) is 5.60. The van der Waals surface area contributed by atoms with Crippen molar-refractivity contribution in [3.8, 4) is 0 Å². The van der Waals surface area contributed by atoms with E-state index in [2.05, 4.69) is 10.6 Å². The SMILES string of the molecule is O=C(Cc1ccccc1C(F)F)Nc1ccc(C(=O)NCC2CCOC2)c(S(=O)[O-])c1. The molecule has 3 rings (SSSR count). The number of benzene rings is 2. The van der Waals surface area contributed by atoms with Gasteiger partial charge in [0.05, 0.1) is 18.6 Å². The molecular weight excluding hydrogens is 430 g/mol. The van der Waals surface area contributed by atoms with Crippen molar-refractivity contribution in [1.82, 2.24) is 5.32 Å². The summed E-state index contributed by atoms with van der Waals surface area (Å²) in [5.41, 5.74) is 0.0287. The van der Waals surface area contributed by atoms with Crippen LogP contribution in [0.5, 0.6) is 0 Å². The highest BCUT2D eigenvalue weighted by molar-refractivity contribution is 7.79. The number of alkyl halides is 2. The Morgan fingerprint density at radius 1 is 1.23 bits per heavy atom. The predicted molar refractivity (Wildman–Crippen MR) is 109 cm³/mol. The van der Waals surface area contributed by atoms with E-state index in [-0.39, 0.29) is 39.6 Å². The van der Waals surface area contributed by atoms with Crippen LogP contribution in [0.15, 0.2) is 47.4 Å². The molecule has 0 aromatic heterocycles. The monoisotopic (exact) mass is 451 g/mol. The van der Waals surface area contributed by atoms with Crippen LogP contribution in [-0.4, -0.2) is 40.3 Å². The van der Waals surface area contributed by atoms with E-state index in [1.807, 2.05) is 0 Å². The molecule has 0 bridgehead atoms. The number of hydrogen-bond acceptors (Lipinski definition) is 5. The maximum Gasteiger partial charge on any atom is 0.264 e. The molecule has 10 heteroatoms. The molecule has 2 atom stereocenters. The number of nitrogens with one attached hydrogen (secondary N) is 2. The molecule has 0 radical (unpaired) electrons. The summed E-state index contributed by atoms with van der Waals surface area (Å²) in [6, 6.07) is 9.54. The Balaban J connectivity index is 1.69. The van der Waals surface area contributed by atoms with Crippen LogP contribution in [0.2, 0.25) is 0 Å². The van der Waals surface area contributed by atoms with Gasteiger partial charge in [0.15, 0.2) is 0 Å². The van der Waals surface area contributed by atoms with Gasteiger partial charge in [-0.15, -0.1) is 0 Å². The van der Waals surface area contributed by atoms with Crippen molar-refractivity contribution in [2.75, 3.05) is 25.1 Å². The van der Waals surface area contributed by atoms with Gasteiger partial charge in [0.25, 0.3) is 12.3 Å². The first-order chi connectivity index (χ1) is 14.8. The summed E-state index contributed by atoms with van der Waals surface area (Å²) in [5, 5.41) is 5.18. The third kappa shape index (κ3) is 6.16. The van der Waals surface area contributed by atoms with Crippen LogP contribution in [0.3, 0.4) is 0 Å². The van der Waals surface area contributed by atoms with E-state index in [0.29, 0.717) is 19.8 Å². The van der Waals surface area contributed by atoms with E-state index >= 15 is 0 Å². The van der Waals surface area contributed by atoms with Crippen molar-refractivity contribution in [1.29, 1.82) is 0 Å². The minimum atomic E-state index is -2.73. The van der Waals surface area contributed by atoms with Crippen molar-refractivity contribution >= 4 is 28.6 Å².